The number of aryl methyl sites for hydroxylation is 1. The fourth-order valence-electron chi connectivity index (χ4n) is 4.97. The van der Waals surface area contributed by atoms with Crippen LogP contribution < -0.4 is 20.4 Å². The Morgan fingerprint density at radius 1 is 1.23 bits per heavy atom. The van der Waals surface area contributed by atoms with Crippen LogP contribution in [-0.2, 0) is 11.2 Å². The molecule has 0 spiro atoms. The van der Waals surface area contributed by atoms with Gasteiger partial charge in [0.2, 0.25) is 0 Å². The van der Waals surface area contributed by atoms with Crippen LogP contribution in [0, 0.1) is 6.92 Å². The van der Waals surface area contributed by atoms with E-state index in [4.69, 9.17) is 4.74 Å². The van der Waals surface area contributed by atoms with Crippen molar-refractivity contribution < 1.29 is 9.53 Å². The van der Waals surface area contributed by atoms with Crippen molar-refractivity contribution in [2.24, 2.45) is 5.10 Å². The SMILES string of the molecule is Cc1cc2c(cc1C1CCNC(Cc3ccccc3)C1)N1C(=NNC(=O)C1C)CO2. The average Bonchev–Trinajstić information content (AvgIpc) is 2.76. The van der Waals surface area contributed by atoms with Gasteiger partial charge in [-0.2, -0.15) is 5.10 Å². The summed E-state index contributed by atoms with van der Waals surface area (Å²) in [4.78, 5) is 14.3. The maximum Gasteiger partial charge on any atom is 0.262 e. The standard InChI is InChI=1S/C24H28N4O2/c1-15-10-22-21(28-16(2)24(29)27-26-23(28)14-30-22)13-20(15)18-8-9-25-19(12-18)11-17-6-4-3-5-7-17/h3-7,10,13,16,18-19,25H,8-9,11-12,14H2,1-2H3,(H,27,29). The van der Waals surface area contributed by atoms with E-state index < -0.39 is 0 Å². The van der Waals surface area contributed by atoms with Gasteiger partial charge in [-0.15, -0.1) is 0 Å². The van der Waals surface area contributed by atoms with E-state index in [0.717, 1.165) is 43.1 Å². The molecule has 0 saturated carbocycles. The number of hydrogen-bond acceptors (Lipinski definition) is 5. The molecule has 156 valence electrons. The van der Waals surface area contributed by atoms with E-state index in [1.165, 1.54) is 16.7 Å². The number of hydrogen-bond donors (Lipinski definition) is 2. The topological polar surface area (TPSA) is 66.0 Å². The van der Waals surface area contributed by atoms with E-state index in [1.807, 2.05) is 11.8 Å². The molecule has 5 rings (SSSR count). The van der Waals surface area contributed by atoms with Gasteiger partial charge in [0.05, 0.1) is 5.69 Å². The van der Waals surface area contributed by atoms with Crippen LogP contribution >= 0.6 is 0 Å². The van der Waals surface area contributed by atoms with E-state index in [1.54, 1.807) is 0 Å². The van der Waals surface area contributed by atoms with Gasteiger partial charge >= 0.3 is 0 Å². The fourth-order valence-corrected chi connectivity index (χ4v) is 4.97. The Kier molecular flexibility index (Phi) is 4.95. The maximum absolute atomic E-state index is 12.2. The fraction of sp³-hybridized carbons (Fsp3) is 0.417. The first-order chi connectivity index (χ1) is 14.6. The second-order valence-corrected chi connectivity index (χ2v) is 8.58. The lowest BCUT2D eigenvalue weighted by molar-refractivity contribution is -0.122. The number of amidine groups is 1. The number of nitrogens with zero attached hydrogens (tertiary/aromatic N) is 2. The van der Waals surface area contributed by atoms with E-state index >= 15 is 0 Å². The molecule has 6 heteroatoms. The molecule has 0 aromatic heterocycles. The monoisotopic (exact) mass is 404 g/mol. The summed E-state index contributed by atoms with van der Waals surface area (Å²) in [5, 5.41) is 7.91. The van der Waals surface area contributed by atoms with E-state index in [-0.39, 0.29) is 11.9 Å². The van der Waals surface area contributed by atoms with Crippen LogP contribution in [0.2, 0.25) is 0 Å². The van der Waals surface area contributed by atoms with Crippen molar-refractivity contribution in [3.63, 3.8) is 0 Å². The first-order valence-electron chi connectivity index (χ1n) is 10.8. The zero-order valence-corrected chi connectivity index (χ0v) is 17.5. The van der Waals surface area contributed by atoms with Crippen LogP contribution in [0.25, 0.3) is 0 Å². The summed E-state index contributed by atoms with van der Waals surface area (Å²) in [6.45, 7) is 5.48. The molecule has 3 unspecified atom stereocenters. The first kappa shape index (κ1) is 19.1. The summed E-state index contributed by atoms with van der Waals surface area (Å²) in [6.07, 6.45) is 3.26. The number of amides is 1. The lowest BCUT2D eigenvalue weighted by Gasteiger charge is -2.39. The maximum atomic E-state index is 12.2. The second-order valence-electron chi connectivity index (χ2n) is 8.58. The predicted molar refractivity (Wildman–Crippen MR) is 118 cm³/mol. The van der Waals surface area contributed by atoms with Gasteiger partial charge in [-0.1, -0.05) is 30.3 Å². The summed E-state index contributed by atoms with van der Waals surface area (Å²) in [5.74, 6) is 2.00. The van der Waals surface area contributed by atoms with Crippen LogP contribution in [0.5, 0.6) is 5.75 Å². The highest BCUT2D eigenvalue weighted by Crippen LogP contribution is 2.41. The summed E-state index contributed by atoms with van der Waals surface area (Å²) in [7, 11) is 0. The molecule has 1 saturated heterocycles. The van der Waals surface area contributed by atoms with Gasteiger partial charge in [0.1, 0.15) is 18.4 Å². The Balaban J connectivity index is 1.43. The Morgan fingerprint density at radius 2 is 2.07 bits per heavy atom. The normalized spacial score (nSPS) is 25.5. The van der Waals surface area contributed by atoms with Crippen molar-refractivity contribution in [1.82, 2.24) is 10.7 Å². The highest BCUT2D eigenvalue weighted by Gasteiger charge is 2.36. The third kappa shape index (κ3) is 3.45. The minimum absolute atomic E-state index is 0.0847. The third-order valence-corrected chi connectivity index (χ3v) is 6.56. The molecule has 2 N–H and O–H groups in total. The molecule has 3 aliphatic rings. The first-order valence-corrected chi connectivity index (χ1v) is 10.8. The molecular formula is C24H28N4O2. The number of hydrazone groups is 1. The van der Waals surface area contributed by atoms with Crippen molar-refractivity contribution in [3.8, 4) is 5.75 Å². The lowest BCUT2D eigenvalue weighted by Crippen LogP contribution is -2.55. The van der Waals surface area contributed by atoms with Gasteiger partial charge in [-0.3, -0.25) is 4.79 Å². The Hall–Kier alpha value is -2.86. The highest BCUT2D eigenvalue weighted by atomic mass is 16.5. The van der Waals surface area contributed by atoms with Gasteiger partial charge in [-0.25, -0.2) is 5.43 Å². The van der Waals surface area contributed by atoms with Crippen molar-refractivity contribution in [3.05, 3.63) is 59.2 Å². The van der Waals surface area contributed by atoms with E-state index in [9.17, 15) is 4.79 Å². The third-order valence-electron chi connectivity index (χ3n) is 6.56. The number of carbonyl (C=O) groups excluding carboxylic acids is 1. The van der Waals surface area contributed by atoms with Gasteiger partial charge in [0, 0.05) is 6.04 Å². The van der Waals surface area contributed by atoms with E-state index in [2.05, 4.69) is 65.2 Å². The quantitative estimate of drug-likeness (QED) is 0.825. The number of benzene rings is 2. The van der Waals surface area contributed by atoms with Gasteiger partial charge in [0.15, 0.2) is 5.84 Å². The number of fused-ring (bicyclic) bond motifs is 3. The van der Waals surface area contributed by atoms with Crippen molar-refractivity contribution in [2.75, 3.05) is 18.1 Å². The van der Waals surface area contributed by atoms with E-state index in [0.29, 0.717) is 18.6 Å². The smallest absolute Gasteiger partial charge is 0.262 e. The van der Waals surface area contributed by atoms with Crippen LogP contribution in [0.3, 0.4) is 0 Å². The average molecular weight is 405 g/mol. The summed E-state index contributed by atoms with van der Waals surface area (Å²) in [5.41, 5.74) is 7.55. The molecule has 3 atom stereocenters. The van der Waals surface area contributed by atoms with Gasteiger partial charge < -0.3 is 15.0 Å². The lowest BCUT2D eigenvalue weighted by atomic mass is 9.82. The second kappa shape index (κ2) is 7.76. The molecule has 3 aliphatic heterocycles. The molecule has 0 aliphatic carbocycles. The van der Waals surface area contributed by atoms with Gasteiger partial charge in [0.25, 0.3) is 5.91 Å². The van der Waals surface area contributed by atoms with Crippen LogP contribution in [-0.4, -0.2) is 37.0 Å². The Morgan fingerprint density at radius 3 is 2.90 bits per heavy atom. The summed E-state index contributed by atoms with van der Waals surface area (Å²) < 4.78 is 5.96. The minimum Gasteiger partial charge on any atom is -0.483 e. The highest BCUT2D eigenvalue weighted by molar-refractivity contribution is 6.09. The molecule has 1 amide bonds. The molecule has 3 heterocycles. The zero-order chi connectivity index (χ0) is 20.7. The molecule has 0 bridgehead atoms. The molecular weight excluding hydrogens is 376 g/mol. The van der Waals surface area contributed by atoms with Crippen LogP contribution in [0.15, 0.2) is 47.6 Å². The van der Waals surface area contributed by atoms with Crippen LogP contribution in [0.1, 0.15) is 42.4 Å². The number of carbonyl (C=O) groups is 1. The van der Waals surface area contributed by atoms with Crippen molar-refractivity contribution in [1.29, 1.82) is 0 Å². The molecule has 1 fully saturated rings. The number of nitrogens with one attached hydrogen (secondary N) is 2. The van der Waals surface area contributed by atoms with Crippen molar-refractivity contribution >= 4 is 17.4 Å². The largest absolute Gasteiger partial charge is 0.483 e. The summed E-state index contributed by atoms with van der Waals surface area (Å²) >= 11 is 0. The molecule has 6 nitrogen and oxygen atoms in total. The zero-order valence-electron chi connectivity index (χ0n) is 17.5. The summed E-state index contributed by atoms with van der Waals surface area (Å²) in [6, 6.07) is 15.2. The van der Waals surface area contributed by atoms with Crippen molar-refractivity contribution in [2.45, 2.75) is 51.1 Å². The Labute approximate surface area is 177 Å². The number of ether oxygens (including phenoxy) is 1. The molecule has 2 aromatic carbocycles. The molecule has 0 radical (unpaired) electrons. The van der Waals surface area contributed by atoms with Crippen LogP contribution in [0.4, 0.5) is 5.69 Å². The molecule has 2 aromatic rings. The molecule has 30 heavy (non-hydrogen) atoms. The minimum atomic E-state index is -0.297. The Bertz CT molecular complexity index is 988. The number of piperidine rings is 1. The predicted octanol–water partition coefficient (Wildman–Crippen LogP) is 3.10. The number of rotatable bonds is 3. The van der Waals surface area contributed by atoms with Gasteiger partial charge in [-0.05, 0) is 74.4 Å². The number of anilines is 1.